The molecule has 96 valence electrons. The standard InChI is InChI=1S/C14H24N2S/c1-4-13-9-16(14(5-2)8-15-13)11(3)12-6-7-17-10-12/h6-7,10-11,13-15H,4-5,8-9H2,1-3H3. The summed E-state index contributed by atoms with van der Waals surface area (Å²) in [5, 5.41) is 8.14. The van der Waals surface area contributed by atoms with Crippen molar-refractivity contribution in [1.82, 2.24) is 10.2 Å². The molecule has 1 saturated heterocycles. The van der Waals surface area contributed by atoms with Gasteiger partial charge < -0.3 is 5.32 Å². The summed E-state index contributed by atoms with van der Waals surface area (Å²) < 4.78 is 0. The number of nitrogens with one attached hydrogen (secondary N) is 1. The SMILES string of the molecule is CCC1CN(C(C)c2ccsc2)C(CC)CN1. The molecule has 1 aromatic rings. The van der Waals surface area contributed by atoms with Crippen molar-refractivity contribution in [1.29, 1.82) is 0 Å². The van der Waals surface area contributed by atoms with Crippen LogP contribution in [0.3, 0.4) is 0 Å². The molecule has 2 heterocycles. The third-order valence-electron chi connectivity index (χ3n) is 4.03. The fourth-order valence-corrected chi connectivity index (χ4v) is 3.47. The second kappa shape index (κ2) is 5.98. The molecule has 0 aromatic carbocycles. The van der Waals surface area contributed by atoms with Crippen LogP contribution in [0.5, 0.6) is 0 Å². The molecule has 17 heavy (non-hydrogen) atoms. The van der Waals surface area contributed by atoms with Gasteiger partial charge >= 0.3 is 0 Å². The first-order chi connectivity index (χ1) is 8.26. The molecule has 2 rings (SSSR count). The Morgan fingerprint density at radius 1 is 1.47 bits per heavy atom. The summed E-state index contributed by atoms with van der Waals surface area (Å²) in [6.45, 7) is 9.25. The zero-order valence-electron chi connectivity index (χ0n) is 11.1. The highest BCUT2D eigenvalue weighted by Gasteiger charge is 2.29. The summed E-state index contributed by atoms with van der Waals surface area (Å²) in [5.41, 5.74) is 1.48. The molecule has 0 saturated carbocycles. The molecule has 1 aliphatic rings. The smallest absolute Gasteiger partial charge is 0.0332 e. The van der Waals surface area contributed by atoms with Crippen LogP contribution in [-0.2, 0) is 0 Å². The van der Waals surface area contributed by atoms with Gasteiger partial charge in [-0.2, -0.15) is 11.3 Å². The van der Waals surface area contributed by atoms with E-state index in [9.17, 15) is 0 Å². The van der Waals surface area contributed by atoms with Gasteiger partial charge in [-0.05, 0) is 42.2 Å². The molecule has 1 aromatic heterocycles. The third-order valence-corrected chi connectivity index (χ3v) is 4.73. The van der Waals surface area contributed by atoms with E-state index in [0.29, 0.717) is 18.1 Å². The largest absolute Gasteiger partial charge is 0.311 e. The van der Waals surface area contributed by atoms with Gasteiger partial charge in [-0.1, -0.05) is 13.8 Å². The van der Waals surface area contributed by atoms with E-state index in [1.54, 1.807) is 11.3 Å². The zero-order chi connectivity index (χ0) is 12.3. The van der Waals surface area contributed by atoms with E-state index in [2.05, 4.69) is 47.8 Å². The van der Waals surface area contributed by atoms with Crippen LogP contribution in [0.2, 0.25) is 0 Å². The fourth-order valence-electron chi connectivity index (χ4n) is 2.72. The first kappa shape index (κ1) is 13.1. The summed E-state index contributed by atoms with van der Waals surface area (Å²) in [5.74, 6) is 0. The summed E-state index contributed by atoms with van der Waals surface area (Å²) in [7, 11) is 0. The number of piperazine rings is 1. The van der Waals surface area contributed by atoms with E-state index >= 15 is 0 Å². The van der Waals surface area contributed by atoms with Crippen molar-refractivity contribution in [3.63, 3.8) is 0 Å². The fraction of sp³-hybridized carbons (Fsp3) is 0.714. The predicted molar refractivity (Wildman–Crippen MR) is 75.6 cm³/mol. The van der Waals surface area contributed by atoms with Crippen molar-refractivity contribution in [2.45, 2.75) is 51.7 Å². The first-order valence-corrected chi connectivity index (χ1v) is 7.71. The zero-order valence-corrected chi connectivity index (χ0v) is 12.0. The highest BCUT2D eigenvalue weighted by Crippen LogP contribution is 2.27. The molecular formula is C14H24N2S. The van der Waals surface area contributed by atoms with Gasteiger partial charge in [0.2, 0.25) is 0 Å². The van der Waals surface area contributed by atoms with Crippen molar-refractivity contribution in [2.75, 3.05) is 13.1 Å². The Balaban J connectivity index is 2.09. The maximum absolute atomic E-state index is 3.66. The lowest BCUT2D eigenvalue weighted by Gasteiger charge is -2.43. The summed E-state index contributed by atoms with van der Waals surface area (Å²) in [6, 6.07) is 4.18. The molecule has 3 atom stereocenters. The first-order valence-electron chi connectivity index (χ1n) is 6.77. The highest BCUT2D eigenvalue weighted by molar-refractivity contribution is 7.07. The van der Waals surface area contributed by atoms with Crippen LogP contribution in [0.1, 0.15) is 45.2 Å². The van der Waals surface area contributed by atoms with Crippen LogP contribution in [-0.4, -0.2) is 30.1 Å². The number of rotatable bonds is 4. The van der Waals surface area contributed by atoms with E-state index in [1.165, 1.54) is 24.9 Å². The quantitative estimate of drug-likeness (QED) is 0.885. The minimum absolute atomic E-state index is 0.558. The third kappa shape index (κ3) is 2.90. The van der Waals surface area contributed by atoms with Crippen molar-refractivity contribution in [3.05, 3.63) is 22.4 Å². The predicted octanol–water partition coefficient (Wildman–Crippen LogP) is 3.27. The molecule has 1 aliphatic heterocycles. The molecule has 3 heteroatoms. The summed E-state index contributed by atoms with van der Waals surface area (Å²) in [6.07, 6.45) is 2.46. The Labute approximate surface area is 109 Å². The molecule has 0 radical (unpaired) electrons. The second-order valence-electron chi connectivity index (χ2n) is 5.00. The molecule has 1 fully saturated rings. The maximum atomic E-state index is 3.66. The molecule has 0 bridgehead atoms. The van der Waals surface area contributed by atoms with Gasteiger partial charge in [0.1, 0.15) is 0 Å². The van der Waals surface area contributed by atoms with Crippen molar-refractivity contribution in [3.8, 4) is 0 Å². The molecule has 0 aliphatic carbocycles. The van der Waals surface area contributed by atoms with Crippen LogP contribution >= 0.6 is 11.3 Å². The Kier molecular flexibility index (Phi) is 4.60. The maximum Gasteiger partial charge on any atom is 0.0332 e. The summed E-state index contributed by atoms with van der Waals surface area (Å²) in [4.78, 5) is 2.69. The van der Waals surface area contributed by atoms with Crippen LogP contribution in [0.25, 0.3) is 0 Å². The molecule has 3 unspecified atom stereocenters. The van der Waals surface area contributed by atoms with Crippen LogP contribution < -0.4 is 5.32 Å². The van der Waals surface area contributed by atoms with Crippen molar-refractivity contribution in [2.24, 2.45) is 0 Å². The van der Waals surface area contributed by atoms with E-state index in [0.717, 1.165) is 6.54 Å². The Bertz CT molecular complexity index is 323. The van der Waals surface area contributed by atoms with Gasteiger partial charge in [0.05, 0.1) is 0 Å². The van der Waals surface area contributed by atoms with E-state index in [1.807, 2.05) is 0 Å². The number of nitrogens with zero attached hydrogens (tertiary/aromatic N) is 1. The molecular weight excluding hydrogens is 228 g/mol. The van der Waals surface area contributed by atoms with Crippen molar-refractivity contribution < 1.29 is 0 Å². The van der Waals surface area contributed by atoms with Gasteiger partial charge in [-0.25, -0.2) is 0 Å². The van der Waals surface area contributed by atoms with Crippen LogP contribution in [0.15, 0.2) is 16.8 Å². The molecule has 0 amide bonds. The van der Waals surface area contributed by atoms with E-state index in [-0.39, 0.29) is 0 Å². The van der Waals surface area contributed by atoms with Crippen LogP contribution in [0, 0.1) is 0 Å². The molecule has 0 spiro atoms. The van der Waals surface area contributed by atoms with E-state index < -0.39 is 0 Å². The monoisotopic (exact) mass is 252 g/mol. The van der Waals surface area contributed by atoms with Crippen molar-refractivity contribution >= 4 is 11.3 Å². The Hall–Kier alpha value is -0.380. The highest BCUT2D eigenvalue weighted by atomic mass is 32.1. The van der Waals surface area contributed by atoms with Gasteiger partial charge in [-0.3, -0.25) is 4.90 Å². The van der Waals surface area contributed by atoms with Crippen LogP contribution in [0.4, 0.5) is 0 Å². The lowest BCUT2D eigenvalue weighted by molar-refractivity contribution is 0.0852. The molecule has 2 nitrogen and oxygen atoms in total. The van der Waals surface area contributed by atoms with Gasteiger partial charge in [0.15, 0.2) is 0 Å². The Morgan fingerprint density at radius 3 is 2.88 bits per heavy atom. The topological polar surface area (TPSA) is 15.3 Å². The van der Waals surface area contributed by atoms with Gasteiger partial charge in [-0.15, -0.1) is 0 Å². The average molecular weight is 252 g/mol. The number of thiophene rings is 1. The van der Waals surface area contributed by atoms with Gasteiger partial charge in [0, 0.05) is 31.2 Å². The normalized spacial score (nSPS) is 28.2. The minimum Gasteiger partial charge on any atom is -0.311 e. The van der Waals surface area contributed by atoms with Gasteiger partial charge in [0.25, 0.3) is 0 Å². The average Bonchev–Trinajstić information content (AvgIpc) is 2.91. The summed E-state index contributed by atoms with van der Waals surface area (Å²) >= 11 is 1.81. The lowest BCUT2D eigenvalue weighted by atomic mass is 10.0. The second-order valence-corrected chi connectivity index (χ2v) is 5.78. The number of hydrogen-bond acceptors (Lipinski definition) is 3. The lowest BCUT2D eigenvalue weighted by Crippen LogP contribution is -2.56. The Morgan fingerprint density at radius 2 is 2.29 bits per heavy atom. The minimum atomic E-state index is 0.558. The number of hydrogen-bond donors (Lipinski definition) is 1. The van der Waals surface area contributed by atoms with E-state index in [4.69, 9.17) is 0 Å². The molecule has 1 N–H and O–H groups in total.